The molecule has 0 spiro atoms. The Morgan fingerprint density at radius 3 is 2.39 bits per heavy atom. The van der Waals surface area contributed by atoms with Gasteiger partial charge in [0.05, 0.1) is 4.90 Å². The Hall–Kier alpha value is -1.20. The van der Waals surface area contributed by atoms with Gasteiger partial charge in [-0.2, -0.15) is 4.31 Å². The fourth-order valence-electron chi connectivity index (χ4n) is 2.21. The van der Waals surface area contributed by atoms with E-state index < -0.39 is 10.0 Å². The van der Waals surface area contributed by atoms with Gasteiger partial charge in [-0.15, -0.1) is 0 Å². The molecule has 1 aliphatic heterocycles. The van der Waals surface area contributed by atoms with Crippen molar-refractivity contribution in [2.75, 3.05) is 6.54 Å². The Kier molecular flexibility index (Phi) is 3.54. The normalized spacial score (nSPS) is 26.2. The van der Waals surface area contributed by atoms with E-state index in [2.05, 4.69) is 0 Å². The Morgan fingerprint density at radius 1 is 1.17 bits per heavy atom. The number of rotatable bonds is 2. The number of ketones is 1. The average Bonchev–Trinajstić information content (AvgIpc) is 2.34. The van der Waals surface area contributed by atoms with Crippen LogP contribution < -0.4 is 0 Å². The molecule has 1 aromatic carbocycles. The zero-order chi connectivity index (χ0) is 13.3. The molecule has 0 amide bonds. The molecule has 0 saturated carbocycles. The third kappa shape index (κ3) is 2.33. The predicted octanol–water partition coefficient (Wildman–Crippen LogP) is 1.67. The van der Waals surface area contributed by atoms with Gasteiger partial charge in [0.25, 0.3) is 0 Å². The summed E-state index contributed by atoms with van der Waals surface area (Å²) in [4.78, 5) is 11.9. The molecular weight excluding hydrogens is 250 g/mol. The van der Waals surface area contributed by atoms with Gasteiger partial charge in [0, 0.05) is 24.9 Å². The number of benzene rings is 1. The number of nitrogens with zero attached hydrogens (tertiary/aromatic N) is 1. The number of hydrogen-bond acceptors (Lipinski definition) is 3. The summed E-state index contributed by atoms with van der Waals surface area (Å²) in [6, 6.07) is 8.10. The van der Waals surface area contributed by atoms with Crippen molar-refractivity contribution in [3.05, 3.63) is 30.3 Å². The van der Waals surface area contributed by atoms with Crippen LogP contribution in [0.5, 0.6) is 0 Å². The van der Waals surface area contributed by atoms with E-state index in [0.717, 1.165) is 0 Å². The molecule has 4 nitrogen and oxygen atoms in total. The van der Waals surface area contributed by atoms with Crippen molar-refractivity contribution < 1.29 is 13.2 Å². The van der Waals surface area contributed by atoms with E-state index in [1.54, 1.807) is 44.2 Å². The average molecular weight is 267 g/mol. The van der Waals surface area contributed by atoms with Crippen LogP contribution in [0.25, 0.3) is 0 Å². The lowest BCUT2D eigenvalue weighted by Gasteiger charge is -2.34. The summed E-state index contributed by atoms with van der Waals surface area (Å²) in [5, 5.41) is 0. The molecule has 5 heteroatoms. The number of sulfonamides is 1. The van der Waals surface area contributed by atoms with E-state index in [1.165, 1.54) is 4.31 Å². The smallest absolute Gasteiger partial charge is 0.243 e. The van der Waals surface area contributed by atoms with E-state index in [-0.39, 0.29) is 24.3 Å². The standard InChI is InChI=1S/C13H17NO3S/c1-10-9-14(11(2)8-13(10)15)18(16,17)12-6-4-3-5-7-12/h3-7,10-11H,8-9H2,1-2H3/t10-,11+/m1/s1. The Morgan fingerprint density at radius 2 is 1.78 bits per heavy atom. The molecule has 2 rings (SSSR count). The molecule has 0 bridgehead atoms. The molecule has 2 atom stereocenters. The zero-order valence-corrected chi connectivity index (χ0v) is 11.4. The molecule has 98 valence electrons. The third-order valence-electron chi connectivity index (χ3n) is 3.34. The Bertz CT molecular complexity index is 539. The van der Waals surface area contributed by atoms with Gasteiger partial charge in [0.1, 0.15) is 5.78 Å². The molecule has 1 heterocycles. The molecule has 0 N–H and O–H groups in total. The first-order chi connectivity index (χ1) is 8.43. The first kappa shape index (κ1) is 13.2. The Labute approximate surface area is 108 Å². The molecule has 0 unspecified atom stereocenters. The van der Waals surface area contributed by atoms with Crippen LogP contribution in [0.1, 0.15) is 20.3 Å². The lowest BCUT2D eigenvalue weighted by Crippen LogP contribution is -2.48. The zero-order valence-electron chi connectivity index (χ0n) is 10.5. The van der Waals surface area contributed by atoms with Crippen LogP contribution in [0.3, 0.4) is 0 Å². The van der Waals surface area contributed by atoms with Crippen LogP contribution in [0, 0.1) is 5.92 Å². The van der Waals surface area contributed by atoms with E-state index >= 15 is 0 Å². The first-order valence-electron chi connectivity index (χ1n) is 6.02. The van der Waals surface area contributed by atoms with Crippen LogP contribution >= 0.6 is 0 Å². The molecule has 0 radical (unpaired) electrons. The van der Waals surface area contributed by atoms with Gasteiger partial charge in [0.15, 0.2) is 0 Å². The number of piperidine rings is 1. The van der Waals surface area contributed by atoms with E-state index in [0.29, 0.717) is 11.3 Å². The highest BCUT2D eigenvalue weighted by atomic mass is 32.2. The second-order valence-corrected chi connectivity index (χ2v) is 6.70. The maximum atomic E-state index is 12.5. The van der Waals surface area contributed by atoms with Crippen molar-refractivity contribution >= 4 is 15.8 Å². The van der Waals surface area contributed by atoms with Crippen molar-refractivity contribution in [3.63, 3.8) is 0 Å². The second-order valence-electron chi connectivity index (χ2n) is 4.81. The van der Waals surface area contributed by atoms with E-state index in [1.807, 2.05) is 0 Å². The largest absolute Gasteiger partial charge is 0.299 e. The number of Topliss-reactive ketones (excluding diaryl/α,β-unsaturated/α-hetero) is 1. The van der Waals surface area contributed by atoms with Crippen molar-refractivity contribution in [3.8, 4) is 0 Å². The highest BCUT2D eigenvalue weighted by Gasteiger charge is 2.36. The van der Waals surface area contributed by atoms with Gasteiger partial charge in [0.2, 0.25) is 10.0 Å². The first-order valence-corrected chi connectivity index (χ1v) is 7.46. The number of carbonyl (C=O) groups is 1. The lowest BCUT2D eigenvalue weighted by atomic mass is 9.96. The molecule has 0 aromatic heterocycles. The molecular formula is C13H17NO3S. The van der Waals surface area contributed by atoms with Crippen molar-refractivity contribution in [2.45, 2.75) is 31.2 Å². The van der Waals surface area contributed by atoms with Crippen LogP contribution in [0.4, 0.5) is 0 Å². The molecule has 1 aromatic rings. The minimum atomic E-state index is -3.49. The highest BCUT2D eigenvalue weighted by Crippen LogP contribution is 2.25. The summed E-state index contributed by atoms with van der Waals surface area (Å²) in [5.41, 5.74) is 0. The molecule has 1 fully saturated rings. The maximum Gasteiger partial charge on any atom is 0.243 e. The van der Waals surface area contributed by atoms with Crippen LogP contribution in [0.2, 0.25) is 0 Å². The maximum absolute atomic E-state index is 12.5. The second kappa shape index (κ2) is 4.82. The Balaban J connectivity index is 2.34. The molecule has 0 aliphatic carbocycles. The van der Waals surface area contributed by atoms with Crippen LogP contribution in [0.15, 0.2) is 35.2 Å². The molecule has 18 heavy (non-hydrogen) atoms. The van der Waals surface area contributed by atoms with Crippen molar-refractivity contribution in [2.24, 2.45) is 5.92 Å². The quantitative estimate of drug-likeness (QED) is 0.819. The van der Waals surface area contributed by atoms with Gasteiger partial charge in [-0.25, -0.2) is 8.42 Å². The van der Waals surface area contributed by atoms with Gasteiger partial charge in [-0.1, -0.05) is 25.1 Å². The van der Waals surface area contributed by atoms with Gasteiger partial charge in [-0.05, 0) is 19.1 Å². The summed E-state index contributed by atoms with van der Waals surface area (Å²) >= 11 is 0. The lowest BCUT2D eigenvalue weighted by molar-refractivity contribution is -0.125. The number of hydrogen-bond donors (Lipinski definition) is 0. The highest BCUT2D eigenvalue weighted by molar-refractivity contribution is 7.89. The minimum absolute atomic E-state index is 0.141. The van der Waals surface area contributed by atoms with Crippen LogP contribution in [-0.4, -0.2) is 31.1 Å². The summed E-state index contributed by atoms with van der Waals surface area (Å²) in [7, 11) is -3.49. The number of carbonyl (C=O) groups excluding carboxylic acids is 1. The summed E-state index contributed by atoms with van der Waals surface area (Å²) in [5.74, 6) is -0.0818. The monoisotopic (exact) mass is 267 g/mol. The molecule has 1 aliphatic rings. The minimum Gasteiger partial charge on any atom is -0.299 e. The fourth-order valence-corrected chi connectivity index (χ4v) is 3.95. The van der Waals surface area contributed by atoms with Crippen molar-refractivity contribution in [1.82, 2.24) is 4.31 Å². The van der Waals surface area contributed by atoms with Gasteiger partial charge >= 0.3 is 0 Å². The van der Waals surface area contributed by atoms with Gasteiger partial charge < -0.3 is 0 Å². The third-order valence-corrected chi connectivity index (χ3v) is 5.34. The van der Waals surface area contributed by atoms with Crippen LogP contribution in [-0.2, 0) is 14.8 Å². The SMILES string of the molecule is C[C@@H]1CN(S(=O)(=O)c2ccccc2)[C@@H](C)CC1=O. The molecule has 1 saturated heterocycles. The summed E-state index contributed by atoms with van der Waals surface area (Å²) in [6.45, 7) is 3.84. The topological polar surface area (TPSA) is 54.5 Å². The predicted molar refractivity (Wildman–Crippen MR) is 68.6 cm³/mol. The van der Waals surface area contributed by atoms with E-state index in [9.17, 15) is 13.2 Å². The van der Waals surface area contributed by atoms with Crippen molar-refractivity contribution in [1.29, 1.82) is 0 Å². The fraction of sp³-hybridized carbons (Fsp3) is 0.462. The summed E-state index contributed by atoms with van der Waals surface area (Å²) in [6.07, 6.45) is 0.299. The summed E-state index contributed by atoms with van der Waals surface area (Å²) < 4.78 is 26.4. The van der Waals surface area contributed by atoms with E-state index in [4.69, 9.17) is 0 Å². The van der Waals surface area contributed by atoms with Gasteiger partial charge in [-0.3, -0.25) is 4.79 Å².